The lowest BCUT2D eigenvalue weighted by molar-refractivity contribution is -0.384. The molecule has 0 radical (unpaired) electrons. The molecule has 1 saturated carbocycles. The van der Waals surface area contributed by atoms with Gasteiger partial charge in [-0.25, -0.2) is 9.78 Å². The topological polar surface area (TPSA) is 87.3 Å². The third kappa shape index (κ3) is 3.47. The highest BCUT2D eigenvalue weighted by Crippen LogP contribution is 2.39. The summed E-state index contributed by atoms with van der Waals surface area (Å²) >= 11 is 0. The van der Waals surface area contributed by atoms with Gasteiger partial charge >= 0.3 is 12.1 Å². The fraction of sp³-hybridized carbons (Fsp3) is 0.333. The SMILES string of the molecule is O=C(OC1CC(n2cncc2C(F)(F)F)C1)c1ccc([N+](=O)[O-])cc1. The van der Waals surface area contributed by atoms with Crippen molar-refractivity contribution in [3.05, 3.63) is 58.2 Å². The average Bonchev–Trinajstić information content (AvgIpc) is 2.99. The number of hydrogen-bond donors (Lipinski definition) is 0. The van der Waals surface area contributed by atoms with Crippen molar-refractivity contribution in [1.29, 1.82) is 0 Å². The first-order valence-corrected chi connectivity index (χ1v) is 7.30. The van der Waals surface area contributed by atoms with Gasteiger partial charge in [0.05, 0.1) is 23.0 Å². The van der Waals surface area contributed by atoms with Crippen molar-refractivity contribution < 1.29 is 27.6 Å². The third-order valence-corrected chi connectivity index (χ3v) is 4.01. The standard InChI is InChI=1S/C15H12F3N3O4/c16-15(17,18)13-7-19-8-20(13)11-5-12(6-11)25-14(22)9-1-3-10(4-2-9)21(23)24/h1-4,7-8,11-12H,5-6H2. The highest BCUT2D eigenvalue weighted by atomic mass is 19.4. The number of nitro groups is 1. The Hall–Kier alpha value is -2.91. The maximum Gasteiger partial charge on any atom is 0.433 e. The summed E-state index contributed by atoms with van der Waals surface area (Å²) in [5, 5.41) is 10.6. The fourth-order valence-corrected chi connectivity index (χ4v) is 2.62. The van der Waals surface area contributed by atoms with Crippen molar-refractivity contribution >= 4 is 11.7 Å². The van der Waals surface area contributed by atoms with Crippen LogP contribution in [0.1, 0.15) is 34.9 Å². The number of rotatable bonds is 4. The Morgan fingerprint density at radius 1 is 1.28 bits per heavy atom. The first kappa shape index (κ1) is 16.9. The maximum absolute atomic E-state index is 12.8. The van der Waals surface area contributed by atoms with Gasteiger partial charge in [-0.3, -0.25) is 10.1 Å². The Balaban J connectivity index is 1.58. The first-order chi connectivity index (χ1) is 11.8. The summed E-state index contributed by atoms with van der Waals surface area (Å²) in [5.74, 6) is -0.667. The van der Waals surface area contributed by atoms with Gasteiger partial charge in [0, 0.05) is 31.0 Å². The number of aromatic nitrogens is 2. The second-order valence-electron chi connectivity index (χ2n) is 5.64. The Morgan fingerprint density at radius 3 is 2.48 bits per heavy atom. The molecule has 2 aromatic rings. The summed E-state index contributed by atoms with van der Waals surface area (Å²) in [5.41, 5.74) is -0.842. The molecule has 3 rings (SSSR count). The van der Waals surface area contributed by atoms with Crippen LogP contribution in [0.25, 0.3) is 0 Å². The van der Waals surface area contributed by atoms with E-state index >= 15 is 0 Å². The van der Waals surface area contributed by atoms with Gasteiger partial charge in [-0.05, 0) is 12.1 Å². The molecule has 1 aliphatic carbocycles. The summed E-state index contributed by atoms with van der Waals surface area (Å²) in [4.78, 5) is 25.5. The number of hydrogen-bond acceptors (Lipinski definition) is 5. The highest BCUT2D eigenvalue weighted by molar-refractivity contribution is 5.89. The molecule has 1 heterocycles. The predicted octanol–water partition coefficient (Wildman–Crippen LogP) is 3.37. The van der Waals surface area contributed by atoms with E-state index in [1.165, 1.54) is 24.3 Å². The number of halogens is 3. The van der Waals surface area contributed by atoms with E-state index in [9.17, 15) is 28.1 Å². The molecular formula is C15H12F3N3O4. The molecular weight excluding hydrogens is 343 g/mol. The number of carbonyl (C=O) groups is 1. The Kier molecular flexibility index (Phi) is 4.19. The Morgan fingerprint density at radius 2 is 1.92 bits per heavy atom. The van der Waals surface area contributed by atoms with E-state index in [2.05, 4.69) is 4.98 Å². The van der Waals surface area contributed by atoms with Crippen molar-refractivity contribution in [1.82, 2.24) is 9.55 Å². The number of benzene rings is 1. The zero-order valence-electron chi connectivity index (χ0n) is 12.6. The minimum absolute atomic E-state index is 0.146. The molecule has 0 unspecified atom stereocenters. The molecule has 1 aromatic heterocycles. The third-order valence-electron chi connectivity index (χ3n) is 4.01. The monoisotopic (exact) mass is 355 g/mol. The van der Waals surface area contributed by atoms with Gasteiger partial charge in [0.15, 0.2) is 0 Å². The summed E-state index contributed by atoms with van der Waals surface area (Å²) in [6.07, 6.45) is -2.62. The van der Waals surface area contributed by atoms with Crippen LogP contribution in [0, 0.1) is 10.1 Å². The quantitative estimate of drug-likeness (QED) is 0.477. The van der Waals surface area contributed by atoms with Crippen LogP contribution in [0.15, 0.2) is 36.8 Å². The number of imidazole rings is 1. The van der Waals surface area contributed by atoms with Gasteiger partial charge in [0.2, 0.25) is 0 Å². The predicted molar refractivity (Wildman–Crippen MR) is 77.8 cm³/mol. The van der Waals surface area contributed by atoms with E-state index < -0.39 is 34.9 Å². The van der Waals surface area contributed by atoms with Crippen LogP contribution in [0.5, 0.6) is 0 Å². The molecule has 1 aromatic carbocycles. The number of esters is 1. The second kappa shape index (κ2) is 6.19. The van der Waals surface area contributed by atoms with Crippen molar-refractivity contribution in [3.63, 3.8) is 0 Å². The molecule has 25 heavy (non-hydrogen) atoms. The van der Waals surface area contributed by atoms with E-state index in [1.807, 2.05) is 0 Å². The van der Waals surface area contributed by atoms with Crippen molar-refractivity contribution in [2.75, 3.05) is 0 Å². The molecule has 132 valence electrons. The molecule has 0 N–H and O–H groups in total. The average molecular weight is 355 g/mol. The summed E-state index contributed by atoms with van der Waals surface area (Å²) in [6.45, 7) is 0. The van der Waals surface area contributed by atoms with Crippen LogP contribution in [0.2, 0.25) is 0 Å². The maximum atomic E-state index is 12.8. The Labute approximate surface area is 139 Å². The lowest BCUT2D eigenvalue weighted by Gasteiger charge is -2.36. The number of non-ortho nitro benzene ring substituents is 1. The van der Waals surface area contributed by atoms with E-state index in [-0.39, 0.29) is 24.1 Å². The van der Waals surface area contributed by atoms with Crippen LogP contribution in [-0.2, 0) is 10.9 Å². The van der Waals surface area contributed by atoms with Crippen LogP contribution in [-0.4, -0.2) is 26.5 Å². The second-order valence-corrected chi connectivity index (χ2v) is 5.64. The zero-order chi connectivity index (χ0) is 18.2. The fourth-order valence-electron chi connectivity index (χ4n) is 2.62. The van der Waals surface area contributed by atoms with E-state index in [0.717, 1.165) is 17.1 Å². The summed E-state index contributed by atoms with van der Waals surface area (Å²) in [7, 11) is 0. The normalized spacial score (nSPS) is 20.0. The molecule has 0 aliphatic heterocycles. The van der Waals surface area contributed by atoms with Gasteiger partial charge in [-0.2, -0.15) is 13.2 Å². The van der Waals surface area contributed by atoms with Crippen LogP contribution in [0.4, 0.5) is 18.9 Å². The van der Waals surface area contributed by atoms with E-state index in [1.54, 1.807) is 0 Å². The number of carbonyl (C=O) groups excluding carboxylic acids is 1. The largest absolute Gasteiger partial charge is 0.459 e. The number of nitro benzene ring substituents is 1. The molecule has 1 fully saturated rings. The van der Waals surface area contributed by atoms with Crippen LogP contribution >= 0.6 is 0 Å². The zero-order valence-corrected chi connectivity index (χ0v) is 12.6. The van der Waals surface area contributed by atoms with E-state index in [4.69, 9.17) is 4.74 Å². The van der Waals surface area contributed by atoms with E-state index in [0.29, 0.717) is 0 Å². The molecule has 1 aliphatic rings. The van der Waals surface area contributed by atoms with Crippen molar-refractivity contribution in [3.8, 4) is 0 Å². The molecule has 0 saturated heterocycles. The van der Waals surface area contributed by atoms with Crippen LogP contribution in [0.3, 0.4) is 0 Å². The molecule has 7 nitrogen and oxygen atoms in total. The molecule has 0 spiro atoms. The minimum Gasteiger partial charge on any atom is -0.459 e. The van der Waals surface area contributed by atoms with Crippen molar-refractivity contribution in [2.24, 2.45) is 0 Å². The molecule has 0 amide bonds. The Bertz CT molecular complexity index is 795. The first-order valence-electron chi connectivity index (χ1n) is 7.30. The van der Waals surface area contributed by atoms with Crippen molar-refractivity contribution in [2.45, 2.75) is 31.2 Å². The smallest absolute Gasteiger partial charge is 0.433 e. The number of alkyl halides is 3. The highest BCUT2D eigenvalue weighted by Gasteiger charge is 2.40. The van der Waals surface area contributed by atoms with Gasteiger partial charge < -0.3 is 9.30 Å². The molecule has 10 heteroatoms. The van der Waals surface area contributed by atoms with Gasteiger partial charge in [0.1, 0.15) is 11.8 Å². The summed E-state index contributed by atoms with van der Waals surface area (Å²) < 4.78 is 44.7. The lowest BCUT2D eigenvalue weighted by atomic mass is 9.88. The minimum atomic E-state index is -4.49. The van der Waals surface area contributed by atoms with Gasteiger partial charge in [-0.15, -0.1) is 0 Å². The van der Waals surface area contributed by atoms with Gasteiger partial charge in [0.25, 0.3) is 5.69 Å². The number of ether oxygens (including phenoxy) is 1. The molecule has 0 bridgehead atoms. The lowest BCUT2D eigenvalue weighted by Crippen LogP contribution is -2.36. The number of nitrogens with zero attached hydrogens (tertiary/aromatic N) is 3. The molecule has 0 atom stereocenters. The van der Waals surface area contributed by atoms with Gasteiger partial charge in [-0.1, -0.05) is 0 Å². The van der Waals surface area contributed by atoms with Crippen LogP contribution < -0.4 is 0 Å². The summed E-state index contributed by atoms with van der Waals surface area (Å²) in [6, 6.07) is 4.47.